The Labute approximate surface area is 162 Å². The molecule has 3 aromatic rings. The smallest absolute Gasteiger partial charge is 0.252 e. The molecule has 0 unspecified atom stereocenters. The summed E-state index contributed by atoms with van der Waals surface area (Å²) in [4.78, 5) is 29.6. The van der Waals surface area contributed by atoms with Crippen molar-refractivity contribution in [3.63, 3.8) is 0 Å². The lowest BCUT2D eigenvalue weighted by molar-refractivity contribution is -0.121. The van der Waals surface area contributed by atoms with Crippen LogP contribution in [0.25, 0.3) is 0 Å². The van der Waals surface area contributed by atoms with E-state index in [4.69, 9.17) is 4.74 Å². The van der Waals surface area contributed by atoms with Gasteiger partial charge in [-0.3, -0.25) is 14.9 Å². The van der Waals surface area contributed by atoms with Crippen LogP contribution < -0.4 is 5.32 Å². The maximum atomic E-state index is 12.7. The van der Waals surface area contributed by atoms with E-state index in [1.54, 1.807) is 13.0 Å². The summed E-state index contributed by atoms with van der Waals surface area (Å²) in [5, 5.41) is 3.10. The molecule has 3 rings (SSSR count). The zero-order valence-electron chi connectivity index (χ0n) is 15.2. The summed E-state index contributed by atoms with van der Waals surface area (Å²) in [6.45, 7) is 4.00. The van der Waals surface area contributed by atoms with Crippen molar-refractivity contribution in [2.45, 2.75) is 20.5 Å². The standard InChI is InChI=1S/C21H20N2O3S/c1-14-7-6-10-17(11-14)19(25)20-15(2)22-21(27-20)23-18(24)13-26-12-16-8-4-3-5-9-16/h3-11H,12-13H2,1-2H3,(H,22,23,24). The van der Waals surface area contributed by atoms with E-state index in [1.807, 2.05) is 55.5 Å². The van der Waals surface area contributed by atoms with E-state index in [9.17, 15) is 9.59 Å². The molecule has 0 radical (unpaired) electrons. The molecule has 0 aliphatic heterocycles. The lowest BCUT2D eigenvalue weighted by Gasteiger charge is -2.04. The van der Waals surface area contributed by atoms with Gasteiger partial charge in [-0.15, -0.1) is 0 Å². The molecule has 1 N–H and O–H groups in total. The fourth-order valence-electron chi connectivity index (χ4n) is 2.57. The number of ether oxygens (including phenoxy) is 1. The number of thiazole rings is 1. The molecule has 0 aliphatic rings. The van der Waals surface area contributed by atoms with Crippen LogP contribution in [0.2, 0.25) is 0 Å². The van der Waals surface area contributed by atoms with Crippen LogP contribution in [0.4, 0.5) is 5.13 Å². The normalized spacial score (nSPS) is 10.6. The molecular formula is C21H20N2O3S. The van der Waals surface area contributed by atoms with E-state index >= 15 is 0 Å². The van der Waals surface area contributed by atoms with Crippen molar-refractivity contribution in [3.8, 4) is 0 Å². The summed E-state index contributed by atoms with van der Waals surface area (Å²) in [6.07, 6.45) is 0. The van der Waals surface area contributed by atoms with Gasteiger partial charge in [0, 0.05) is 5.56 Å². The predicted octanol–water partition coefficient (Wildman–Crippen LogP) is 4.15. The van der Waals surface area contributed by atoms with Gasteiger partial charge in [-0.05, 0) is 25.5 Å². The van der Waals surface area contributed by atoms with E-state index in [1.165, 1.54) is 11.3 Å². The molecule has 0 aliphatic carbocycles. The zero-order valence-corrected chi connectivity index (χ0v) is 16.0. The van der Waals surface area contributed by atoms with Crippen LogP contribution in [-0.4, -0.2) is 23.3 Å². The van der Waals surface area contributed by atoms with Crippen molar-refractivity contribution in [3.05, 3.63) is 81.9 Å². The van der Waals surface area contributed by atoms with Crippen LogP contribution in [-0.2, 0) is 16.1 Å². The molecule has 2 aromatic carbocycles. The molecule has 138 valence electrons. The van der Waals surface area contributed by atoms with Crippen LogP contribution >= 0.6 is 11.3 Å². The minimum absolute atomic E-state index is 0.0747. The summed E-state index contributed by atoms with van der Waals surface area (Å²) in [6, 6.07) is 17.1. The van der Waals surface area contributed by atoms with Gasteiger partial charge >= 0.3 is 0 Å². The lowest BCUT2D eigenvalue weighted by atomic mass is 10.1. The van der Waals surface area contributed by atoms with Crippen molar-refractivity contribution in [1.29, 1.82) is 0 Å². The summed E-state index contributed by atoms with van der Waals surface area (Å²) in [5.74, 6) is -0.385. The van der Waals surface area contributed by atoms with Crippen LogP contribution in [0.15, 0.2) is 54.6 Å². The SMILES string of the molecule is Cc1cccc(C(=O)c2sc(NC(=O)COCc3ccccc3)nc2C)c1. The molecule has 0 atom stereocenters. The second-order valence-corrected chi connectivity index (χ2v) is 7.16. The highest BCUT2D eigenvalue weighted by Gasteiger charge is 2.18. The third kappa shape index (κ3) is 5.09. The molecule has 0 bridgehead atoms. The Morgan fingerprint density at radius 1 is 1.07 bits per heavy atom. The van der Waals surface area contributed by atoms with Crippen molar-refractivity contribution >= 4 is 28.2 Å². The Balaban J connectivity index is 1.59. The van der Waals surface area contributed by atoms with E-state index < -0.39 is 0 Å². The van der Waals surface area contributed by atoms with Crippen molar-refractivity contribution < 1.29 is 14.3 Å². The number of hydrogen-bond acceptors (Lipinski definition) is 5. The zero-order chi connectivity index (χ0) is 19.2. The topological polar surface area (TPSA) is 68.3 Å². The molecule has 1 amide bonds. The molecular weight excluding hydrogens is 360 g/mol. The van der Waals surface area contributed by atoms with Crippen LogP contribution in [0, 0.1) is 13.8 Å². The number of hydrogen-bond donors (Lipinski definition) is 1. The molecule has 0 spiro atoms. The van der Waals surface area contributed by atoms with E-state index in [0.29, 0.717) is 27.9 Å². The number of carbonyl (C=O) groups excluding carboxylic acids is 2. The largest absolute Gasteiger partial charge is 0.367 e. The van der Waals surface area contributed by atoms with Crippen LogP contribution in [0.5, 0.6) is 0 Å². The molecule has 1 heterocycles. The molecule has 6 heteroatoms. The van der Waals surface area contributed by atoms with Gasteiger partial charge in [0.05, 0.1) is 17.2 Å². The summed E-state index contributed by atoms with van der Waals surface area (Å²) < 4.78 is 5.42. The quantitative estimate of drug-likeness (QED) is 0.625. The highest BCUT2D eigenvalue weighted by atomic mass is 32.1. The molecule has 0 saturated carbocycles. The minimum Gasteiger partial charge on any atom is -0.367 e. The number of ketones is 1. The van der Waals surface area contributed by atoms with Crippen molar-refractivity contribution in [1.82, 2.24) is 4.98 Å². The Kier molecular flexibility index (Phi) is 6.11. The van der Waals surface area contributed by atoms with Gasteiger partial charge in [0.25, 0.3) is 5.91 Å². The second kappa shape index (κ2) is 8.70. The fraction of sp³-hybridized carbons (Fsp3) is 0.190. The average Bonchev–Trinajstić information content (AvgIpc) is 3.02. The van der Waals surface area contributed by atoms with Crippen LogP contribution in [0.1, 0.15) is 32.1 Å². The van der Waals surface area contributed by atoms with Gasteiger partial charge in [0.2, 0.25) is 5.78 Å². The number of nitrogens with zero attached hydrogens (tertiary/aromatic N) is 1. The number of nitrogens with one attached hydrogen (secondary N) is 1. The maximum Gasteiger partial charge on any atom is 0.252 e. The van der Waals surface area contributed by atoms with E-state index in [-0.39, 0.29) is 18.3 Å². The van der Waals surface area contributed by atoms with Gasteiger partial charge in [0.15, 0.2) is 5.13 Å². The van der Waals surface area contributed by atoms with Gasteiger partial charge < -0.3 is 4.74 Å². The molecule has 5 nitrogen and oxygen atoms in total. The molecule has 0 saturated heterocycles. The summed E-state index contributed by atoms with van der Waals surface area (Å²) in [5.41, 5.74) is 3.24. The van der Waals surface area contributed by atoms with Crippen LogP contribution in [0.3, 0.4) is 0 Å². The Hall–Kier alpha value is -2.83. The number of amides is 1. The molecule has 27 heavy (non-hydrogen) atoms. The van der Waals surface area contributed by atoms with Gasteiger partial charge in [0.1, 0.15) is 6.61 Å². The number of anilines is 1. The molecule has 1 aromatic heterocycles. The first-order valence-electron chi connectivity index (χ1n) is 8.53. The van der Waals surface area contributed by atoms with Gasteiger partial charge in [-0.25, -0.2) is 4.98 Å². The third-order valence-electron chi connectivity index (χ3n) is 3.87. The van der Waals surface area contributed by atoms with Crippen molar-refractivity contribution in [2.75, 3.05) is 11.9 Å². The first-order valence-corrected chi connectivity index (χ1v) is 9.35. The summed E-state index contributed by atoms with van der Waals surface area (Å²) >= 11 is 1.18. The summed E-state index contributed by atoms with van der Waals surface area (Å²) in [7, 11) is 0. The predicted molar refractivity (Wildman–Crippen MR) is 106 cm³/mol. The van der Waals surface area contributed by atoms with Crippen molar-refractivity contribution in [2.24, 2.45) is 0 Å². The number of aromatic nitrogens is 1. The fourth-order valence-corrected chi connectivity index (χ4v) is 3.51. The molecule has 0 fully saturated rings. The van der Waals surface area contributed by atoms with E-state index in [0.717, 1.165) is 11.1 Å². The van der Waals surface area contributed by atoms with E-state index in [2.05, 4.69) is 10.3 Å². The highest BCUT2D eigenvalue weighted by Crippen LogP contribution is 2.25. The first-order chi connectivity index (χ1) is 13.0. The number of rotatable bonds is 7. The highest BCUT2D eigenvalue weighted by molar-refractivity contribution is 7.18. The minimum atomic E-state index is -0.297. The number of aryl methyl sites for hydroxylation is 2. The van der Waals surface area contributed by atoms with Gasteiger partial charge in [-0.1, -0.05) is 65.4 Å². The first kappa shape index (κ1) is 18.9. The Morgan fingerprint density at radius 2 is 1.85 bits per heavy atom. The average molecular weight is 380 g/mol. The number of carbonyl (C=O) groups is 2. The Morgan fingerprint density at radius 3 is 2.59 bits per heavy atom. The Bertz CT molecular complexity index is 951. The van der Waals surface area contributed by atoms with Gasteiger partial charge in [-0.2, -0.15) is 0 Å². The number of benzene rings is 2. The maximum absolute atomic E-state index is 12.7. The second-order valence-electron chi connectivity index (χ2n) is 6.16. The third-order valence-corrected chi connectivity index (χ3v) is 4.95. The monoisotopic (exact) mass is 380 g/mol. The lowest BCUT2D eigenvalue weighted by Crippen LogP contribution is -2.18.